The third-order valence-corrected chi connectivity index (χ3v) is 4.98. The van der Waals surface area contributed by atoms with Gasteiger partial charge in [0.2, 0.25) is 0 Å². The van der Waals surface area contributed by atoms with Crippen LogP contribution in [0.4, 0.5) is 0 Å². The van der Waals surface area contributed by atoms with E-state index in [-0.39, 0.29) is 17.6 Å². The van der Waals surface area contributed by atoms with E-state index < -0.39 is 5.75 Å². The van der Waals surface area contributed by atoms with Crippen molar-refractivity contribution in [2.75, 3.05) is 0 Å². The van der Waals surface area contributed by atoms with Gasteiger partial charge >= 0.3 is 0 Å². The highest BCUT2D eigenvalue weighted by Gasteiger charge is 2.18. The van der Waals surface area contributed by atoms with Gasteiger partial charge in [-0.15, -0.1) is 0 Å². The van der Waals surface area contributed by atoms with Crippen LogP contribution < -0.4 is 4.57 Å². The van der Waals surface area contributed by atoms with Crippen LogP contribution in [-0.2, 0) is 13.0 Å². The number of pyridine rings is 1. The van der Waals surface area contributed by atoms with Gasteiger partial charge in [-0.2, -0.15) is 0 Å². The van der Waals surface area contributed by atoms with Gasteiger partial charge in [0.1, 0.15) is 6.10 Å². The van der Waals surface area contributed by atoms with Crippen molar-refractivity contribution in [1.82, 2.24) is 0 Å². The second kappa shape index (κ2) is 7.02. The van der Waals surface area contributed by atoms with E-state index in [0.29, 0.717) is 12.1 Å². The number of allylic oxidation sites excluding steroid dienone is 1. The summed E-state index contributed by atoms with van der Waals surface area (Å²) in [5.41, 5.74) is 6.20. The molecule has 1 aliphatic rings. The van der Waals surface area contributed by atoms with E-state index in [0.717, 1.165) is 17.5 Å². The molecule has 0 saturated carbocycles. The second-order valence-corrected chi connectivity index (χ2v) is 7.26. The molecule has 0 fully saturated rings. The fraction of sp³-hybridized carbons (Fsp3) is 0.174. The molecule has 5 nitrogen and oxygen atoms in total. The molecule has 5 heteroatoms. The van der Waals surface area contributed by atoms with Gasteiger partial charge in [0.15, 0.2) is 36.2 Å². The van der Waals surface area contributed by atoms with E-state index in [4.69, 9.17) is 0 Å². The van der Waals surface area contributed by atoms with Crippen LogP contribution in [0.2, 0.25) is 0 Å². The maximum absolute atomic E-state index is 9.71. The summed E-state index contributed by atoms with van der Waals surface area (Å²) >= 11 is 0. The number of hydrogen-bond donors (Lipinski definition) is 4. The Morgan fingerprint density at radius 2 is 1.57 bits per heavy atom. The minimum atomic E-state index is -0.512. The maximum atomic E-state index is 9.71. The quantitative estimate of drug-likeness (QED) is 0.416. The summed E-state index contributed by atoms with van der Waals surface area (Å²) in [6.45, 7) is 2.35. The van der Waals surface area contributed by atoms with Crippen molar-refractivity contribution in [3.05, 3.63) is 71.5 Å². The number of aromatic nitrogens is 1. The van der Waals surface area contributed by atoms with Crippen molar-refractivity contribution in [2.24, 2.45) is 0 Å². The molecule has 1 atom stereocenters. The average Bonchev–Trinajstić information content (AvgIpc) is 3.08. The number of phenols is 3. The molecule has 0 unspecified atom stereocenters. The summed E-state index contributed by atoms with van der Waals surface area (Å²) in [5, 5.41) is 38.5. The van der Waals surface area contributed by atoms with Crippen molar-refractivity contribution < 1.29 is 25.0 Å². The average molecular weight is 376 g/mol. The molecule has 4 N–H and O–H groups in total. The van der Waals surface area contributed by atoms with E-state index in [1.165, 1.54) is 28.8 Å². The summed E-state index contributed by atoms with van der Waals surface area (Å²) < 4.78 is 2.01. The zero-order valence-electron chi connectivity index (χ0n) is 15.5. The molecule has 28 heavy (non-hydrogen) atoms. The van der Waals surface area contributed by atoms with Gasteiger partial charge in [-0.1, -0.05) is 30.3 Å². The normalized spacial score (nSPS) is 13.9. The molecular weight excluding hydrogens is 354 g/mol. The predicted octanol–water partition coefficient (Wildman–Crippen LogP) is 3.24. The zero-order chi connectivity index (χ0) is 19.8. The molecule has 0 spiro atoms. The number of aromatic hydroxyl groups is 3. The summed E-state index contributed by atoms with van der Waals surface area (Å²) in [4.78, 5) is 0. The van der Waals surface area contributed by atoms with Gasteiger partial charge in [0, 0.05) is 18.1 Å². The Kier molecular flexibility index (Phi) is 4.53. The fourth-order valence-electron chi connectivity index (χ4n) is 3.58. The lowest BCUT2D eigenvalue weighted by molar-refractivity contribution is -0.703. The second-order valence-electron chi connectivity index (χ2n) is 7.26. The van der Waals surface area contributed by atoms with Crippen LogP contribution in [0.5, 0.6) is 17.2 Å². The lowest BCUT2D eigenvalue weighted by Gasteiger charge is -2.08. The molecule has 0 amide bonds. The Labute approximate surface area is 163 Å². The van der Waals surface area contributed by atoms with Crippen molar-refractivity contribution in [2.45, 2.75) is 26.0 Å². The van der Waals surface area contributed by atoms with Crippen LogP contribution in [0.3, 0.4) is 0 Å². The zero-order valence-corrected chi connectivity index (χ0v) is 15.5. The van der Waals surface area contributed by atoms with Crippen LogP contribution >= 0.6 is 0 Å². The Morgan fingerprint density at radius 3 is 2.21 bits per heavy atom. The van der Waals surface area contributed by atoms with E-state index >= 15 is 0 Å². The first kappa shape index (κ1) is 18.1. The monoisotopic (exact) mass is 376 g/mol. The van der Waals surface area contributed by atoms with Gasteiger partial charge < -0.3 is 20.4 Å². The third kappa shape index (κ3) is 3.44. The summed E-state index contributed by atoms with van der Waals surface area (Å²) in [5.74, 6) is -1.21. The molecule has 1 aromatic heterocycles. The lowest BCUT2D eigenvalue weighted by Crippen LogP contribution is -2.38. The number of phenolic OH excluding ortho intramolecular Hbond substituents is 3. The van der Waals surface area contributed by atoms with Crippen LogP contribution in [0, 0.1) is 0 Å². The third-order valence-electron chi connectivity index (χ3n) is 4.98. The number of aliphatic hydroxyl groups excluding tert-OH is 1. The van der Waals surface area contributed by atoms with Crippen molar-refractivity contribution in [1.29, 1.82) is 0 Å². The standard InChI is InChI=1S/C23H21NO4/c1-14(25)12-24-7-6-17-8-18(9-20(17)13-24)15-2-4-16(5-3-15)19-10-21(26)23(28)22(27)11-19/h2-8,10-11,13-14,25-27H,9,12H2,1H3/p+1/t14-/m1/s1. The highest BCUT2D eigenvalue weighted by atomic mass is 16.3. The SMILES string of the molecule is C[C@@H](O)C[n+]1ccc2c(c1)CC(c1ccc(-c3cc(O)c(O)c(O)c3)cc1)=C2. The van der Waals surface area contributed by atoms with Crippen molar-refractivity contribution in [3.8, 4) is 28.4 Å². The minimum absolute atomic E-state index is 0.349. The minimum Gasteiger partial charge on any atom is -0.504 e. The fourth-order valence-corrected chi connectivity index (χ4v) is 3.58. The molecular formula is C23H22NO4+. The van der Waals surface area contributed by atoms with Gasteiger partial charge in [-0.25, -0.2) is 4.57 Å². The van der Waals surface area contributed by atoms with E-state index in [2.05, 4.69) is 18.3 Å². The predicted molar refractivity (Wildman–Crippen MR) is 107 cm³/mol. The lowest BCUT2D eigenvalue weighted by atomic mass is 9.99. The highest BCUT2D eigenvalue weighted by molar-refractivity contribution is 5.88. The van der Waals surface area contributed by atoms with Crippen LogP contribution in [0.15, 0.2) is 54.9 Å². The first-order chi connectivity index (χ1) is 13.4. The molecule has 3 aromatic rings. The Bertz CT molecular complexity index is 1050. The molecule has 0 saturated heterocycles. The first-order valence-electron chi connectivity index (χ1n) is 9.17. The topological polar surface area (TPSA) is 84.8 Å². The van der Waals surface area contributed by atoms with Crippen LogP contribution in [0.25, 0.3) is 22.8 Å². The van der Waals surface area contributed by atoms with Crippen molar-refractivity contribution in [3.63, 3.8) is 0 Å². The van der Waals surface area contributed by atoms with Crippen LogP contribution in [0.1, 0.15) is 23.6 Å². The number of rotatable bonds is 4. The van der Waals surface area contributed by atoms with E-state index in [1.807, 2.05) is 35.0 Å². The van der Waals surface area contributed by atoms with Gasteiger partial charge in [-0.05, 0) is 46.9 Å². The first-order valence-corrected chi connectivity index (χ1v) is 9.17. The largest absolute Gasteiger partial charge is 0.504 e. The number of nitrogens with zero attached hydrogens (tertiary/aromatic N) is 1. The smallest absolute Gasteiger partial charge is 0.200 e. The molecule has 0 bridgehead atoms. The molecule has 4 rings (SSSR count). The Morgan fingerprint density at radius 1 is 0.929 bits per heavy atom. The Balaban J connectivity index is 1.56. The molecule has 1 heterocycles. The number of hydrogen-bond acceptors (Lipinski definition) is 4. The maximum Gasteiger partial charge on any atom is 0.200 e. The highest BCUT2D eigenvalue weighted by Crippen LogP contribution is 2.39. The molecule has 0 radical (unpaired) electrons. The molecule has 0 aliphatic heterocycles. The molecule has 2 aromatic carbocycles. The number of benzene rings is 2. The Hall–Kier alpha value is -3.31. The number of aliphatic hydroxyl groups is 1. The molecule has 1 aliphatic carbocycles. The van der Waals surface area contributed by atoms with Gasteiger partial charge in [0.05, 0.1) is 0 Å². The number of fused-ring (bicyclic) bond motifs is 1. The summed E-state index contributed by atoms with van der Waals surface area (Å²) in [7, 11) is 0. The summed E-state index contributed by atoms with van der Waals surface area (Å²) in [6.07, 6.45) is 6.69. The molecule has 142 valence electrons. The summed E-state index contributed by atoms with van der Waals surface area (Å²) in [6, 6.07) is 12.8. The van der Waals surface area contributed by atoms with E-state index in [1.54, 1.807) is 6.92 Å². The van der Waals surface area contributed by atoms with Crippen LogP contribution in [-0.4, -0.2) is 26.5 Å². The van der Waals surface area contributed by atoms with Crippen molar-refractivity contribution >= 4 is 11.6 Å². The van der Waals surface area contributed by atoms with Gasteiger partial charge in [-0.3, -0.25) is 0 Å². The van der Waals surface area contributed by atoms with Gasteiger partial charge in [0.25, 0.3) is 0 Å². The van der Waals surface area contributed by atoms with E-state index in [9.17, 15) is 20.4 Å².